The minimum Gasteiger partial charge on any atom is -0.296 e. The van der Waals surface area contributed by atoms with Gasteiger partial charge in [-0.3, -0.25) is 4.90 Å². The van der Waals surface area contributed by atoms with E-state index in [1.54, 1.807) is 6.04 Å². The second kappa shape index (κ2) is 1.98. The summed E-state index contributed by atoms with van der Waals surface area (Å²) in [4.78, 5) is 2.50. The molecule has 2 heterocycles. The van der Waals surface area contributed by atoms with Crippen molar-refractivity contribution in [1.29, 1.82) is 0 Å². The molecular weight excluding hydrogens is 110 g/mol. The topological polar surface area (TPSA) is 3.24 Å². The van der Waals surface area contributed by atoms with Crippen molar-refractivity contribution in [3.05, 3.63) is 6.04 Å². The Morgan fingerprint density at radius 3 is 2.89 bits per heavy atom. The number of piperidine rings is 1. The molecule has 0 N–H and O–H groups in total. The summed E-state index contributed by atoms with van der Waals surface area (Å²) in [6.07, 6.45) is 7.10. The quantitative estimate of drug-likeness (QED) is 0.476. The summed E-state index contributed by atoms with van der Waals surface area (Å²) in [6.45, 7) is 0. The molecule has 1 radical (unpaired) electrons. The highest BCUT2D eigenvalue weighted by molar-refractivity contribution is 5.02. The minimum atomic E-state index is 0.925. The van der Waals surface area contributed by atoms with E-state index in [1.807, 2.05) is 0 Å². The molecule has 2 fully saturated rings. The lowest BCUT2D eigenvalue weighted by Gasteiger charge is -2.29. The molecule has 0 aromatic rings. The molecule has 0 aromatic heterocycles. The lowest BCUT2D eigenvalue weighted by atomic mass is 10.0. The van der Waals surface area contributed by atoms with Crippen molar-refractivity contribution in [2.75, 3.05) is 7.05 Å². The minimum absolute atomic E-state index is 0.925. The van der Waals surface area contributed by atoms with Gasteiger partial charge in [-0.25, -0.2) is 0 Å². The molecule has 51 valence electrons. The fourth-order valence-corrected chi connectivity index (χ4v) is 2.14. The Labute approximate surface area is 57.0 Å². The van der Waals surface area contributed by atoms with Crippen molar-refractivity contribution in [3.63, 3.8) is 0 Å². The average molecular weight is 124 g/mol. The van der Waals surface area contributed by atoms with Gasteiger partial charge in [-0.15, -0.1) is 0 Å². The third-order valence-corrected chi connectivity index (χ3v) is 2.82. The zero-order chi connectivity index (χ0) is 6.27. The van der Waals surface area contributed by atoms with Crippen LogP contribution in [-0.4, -0.2) is 18.0 Å². The van der Waals surface area contributed by atoms with Crippen molar-refractivity contribution in [3.8, 4) is 0 Å². The Bertz CT molecular complexity index is 95.1. The molecule has 9 heavy (non-hydrogen) atoms. The molecule has 0 saturated carbocycles. The van der Waals surface area contributed by atoms with E-state index < -0.39 is 0 Å². The molecule has 2 aliphatic rings. The highest BCUT2D eigenvalue weighted by Crippen LogP contribution is 2.38. The highest BCUT2D eigenvalue weighted by atomic mass is 15.2. The van der Waals surface area contributed by atoms with Gasteiger partial charge in [-0.05, 0) is 39.2 Å². The van der Waals surface area contributed by atoms with Gasteiger partial charge in [0, 0.05) is 12.1 Å². The molecular formula is C8H14N. The number of rotatable bonds is 0. The van der Waals surface area contributed by atoms with Gasteiger partial charge in [0.15, 0.2) is 0 Å². The first kappa shape index (κ1) is 5.72. The maximum absolute atomic E-state index is 2.50. The first-order chi connectivity index (χ1) is 4.38. The summed E-state index contributed by atoms with van der Waals surface area (Å²) in [5.41, 5.74) is 0. The van der Waals surface area contributed by atoms with Crippen LogP contribution in [0.25, 0.3) is 0 Å². The Morgan fingerprint density at radius 2 is 2.22 bits per heavy atom. The molecule has 0 amide bonds. The summed E-state index contributed by atoms with van der Waals surface area (Å²) in [7, 11) is 2.26. The Kier molecular flexibility index (Phi) is 1.26. The molecule has 0 spiro atoms. The molecule has 1 atom stereocenters. The van der Waals surface area contributed by atoms with Gasteiger partial charge in [0.1, 0.15) is 0 Å². The van der Waals surface area contributed by atoms with Crippen LogP contribution < -0.4 is 0 Å². The van der Waals surface area contributed by atoms with Crippen LogP contribution in [0.1, 0.15) is 32.1 Å². The predicted octanol–water partition coefficient (Wildman–Crippen LogP) is 1.80. The maximum Gasteiger partial charge on any atom is 0.0393 e. The molecule has 0 aromatic carbocycles. The predicted molar refractivity (Wildman–Crippen MR) is 37.9 cm³/mol. The van der Waals surface area contributed by atoms with Gasteiger partial charge in [0.05, 0.1) is 0 Å². The van der Waals surface area contributed by atoms with E-state index in [0.29, 0.717) is 0 Å². The smallest absolute Gasteiger partial charge is 0.0393 e. The maximum atomic E-state index is 2.50. The van der Waals surface area contributed by atoms with E-state index in [2.05, 4.69) is 11.9 Å². The van der Waals surface area contributed by atoms with Crippen LogP contribution in [0.15, 0.2) is 0 Å². The van der Waals surface area contributed by atoms with E-state index in [-0.39, 0.29) is 0 Å². The van der Waals surface area contributed by atoms with Gasteiger partial charge in [0.25, 0.3) is 0 Å². The van der Waals surface area contributed by atoms with Gasteiger partial charge in [-0.2, -0.15) is 0 Å². The van der Waals surface area contributed by atoms with Crippen LogP contribution in [0.5, 0.6) is 0 Å². The number of hydrogen-bond donors (Lipinski definition) is 0. The van der Waals surface area contributed by atoms with Crippen molar-refractivity contribution < 1.29 is 0 Å². The second-order valence-electron chi connectivity index (χ2n) is 3.26. The van der Waals surface area contributed by atoms with Crippen molar-refractivity contribution >= 4 is 0 Å². The van der Waals surface area contributed by atoms with E-state index in [4.69, 9.17) is 0 Å². The largest absolute Gasteiger partial charge is 0.296 e. The monoisotopic (exact) mass is 124 g/mol. The molecule has 0 unspecified atom stereocenters. The highest BCUT2D eigenvalue weighted by Gasteiger charge is 2.33. The zero-order valence-corrected chi connectivity index (χ0v) is 6.06. The Balaban J connectivity index is 2.10. The van der Waals surface area contributed by atoms with E-state index >= 15 is 0 Å². The third kappa shape index (κ3) is 0.787. The van der Waals surface area contributed by atoms with Crippen molar-refractivity contribution in [2.45, 2.75) is 38.1 Å². The second-order valence-corrected chi connectivity index (χ2v) is 3.26. The molecule has 2 rings (SSSR count). The summed E-state index contributed by atoms with van der Waals surface area (Å²) in [5, 5.41) is 0. The molecule has 2 aliphatic heterocycles. The molecule has 2 bridgehead atoms. The SMILES string of the molecule is CN1[C]2CCC[C@H]1CC2. The molecule has 1 heteroatoms. The first-order valence-electron chi connectivity index (χ1n) is 3.95. The number of fused-ring (bicyclic) bond motifs is 2. The van der Waals surface area contributed by atoms with Crippen molar-refractivity contribution in [2.24, 2.45) is 0 Å². The normalized spacial score (nSPS) is 37.7. The Morgan fingerprint density at radius 1 is 1.33 bits per heavy atom. The standard InChI is InChI=1S/C8H14N/c1-9-7-3-2-4-8(9)6-5-7/h7H,2-6H2,1H3/t7-/m0/s1. The third-order valence-electron chi connectivity index (χ3n) is 2.82. The van der Waals surface area contributed by atoms with Gasteiger partial charge >= 0.3 is 0 Å². The van der Waals surface area contributed by atoms with Gasteiger partial charge in [-0.1, -0.05) is 0 Å². The molecule has 2 saturated heterocycles. The summed E-state index contributed by atoms with van der Waals surface area (Å²) in [5.74, 6) is 0. The Hall–Kier alpha value is -0.0400. The molecule has 0 aliphatic carbocycles. The number of nitrogens with zero attached hydrogens (tertiary/aromatic N) is 1. The summed E-state index contributed by atoms with van der Waals surface area (Å²) >= 11 is 0. The van der Waals surface area contributed by atoms with E-state index in [9.17, 15) is 0 Å². The fourth-order valence-electron chi connectivity index (χ4n) is 2.14. The van der Waals surface area contributed by atoms with Gasteiger partial charge in [0.2, 0.25) is 0 Å². The zero-order valence-electron chi connectivity index (χ0n) is 6.06. The van der Waals surface area contributed by atoms with Gasteiger partial charge < -0.3 is 0 Å². The fraction of sp³-hybridized carbons (Fsp3) is 0.875. The lowest BCUT2D eigenvalue weighted by molar-refractivity contribution is 0.243. The van der Waals surface area contributed by atoms with Crippen LogP contribution in [0.2, 0.25) is 0 Å². The lowest BCUT2D eigenvalue weighted by Crippen LogP contribution is -2.30. The van der Waals surface area contributed by atoms with Crippen LogP contribution in [-0.2, 0) is 0 Å². The van der Waals surface area contributed by atoms with Crippen LogP contribution in [0.4, 0.5) is 0 Å². The first-order valence-corrected chi connectivity index (χ1v) is 3.95. The summed E-state index contributed by atoms with van der Waals surface area (Å²) < 4.78 is 0. The summed E-state index contributed by atoms with van der Waals surface area (Å²) in [6, 6.07) is 2.64. The van der Waals surface area contributed by atoms with E-state index in [0.717, 1.165) is 6.04 Å². The van der Waals surface area contributed by atoms with Crippen LogP contribution in [0, 0.1) is 6.04 Å². The van der Waals surface area contributed by atoms with Crippen LogP contribution >= 0.6 is 0 Å². The number of hydrogen-bond acceptors (Lipinski definition) is 1. The average Bonchev–Trinajstić information content (AvgIpc) is 2.19. The van der Waals surface area contributed by atoms with Crippen molar-refractivity contribution in [1.82, 2.24) is 4.90 Å². The van der Waals surface area contributed by atoms with Crippen LogP contribution in [0.3, 0.4) is 0 Å². The molecule has 1 nitrogen and oxygen atoms in total. The van der Waals surface area contributed by atoms with E-state index in [1.165, 1.54) is 32.1 Å².